The lowest BCUT2D eigenvalue weighted by Crippen LogP contribution is -2.38. The number of anilines is 1. The molecule has 0 spiro atoms. The predicted molar refractivity (Wildman–Crippen MR) is 123 cm³/mol. The van der Waals surface area contributed by atoms with Crippen LogP contribution < -0.4 is 15.5 Å². The molecule has 1 aromatic carbocycles. The van der Waals surface area contributed by atoms with Crippen molar-refractivity contribution in [2.45, 2.75) is 26.8 Å². The van der Waals surface area contributed by atoms with Gasteiger partial charge in [0.1, 0.15) is 0 Å². The van der Waals surface area contributed by atoms with Gasteiger partial charge in [0, 0.05) is 50.5 Å². The Balaban J connectivity index is 1.52. The van der Waals surface area contributed by atoms with Crippen LogP contribution in [0.5, 0.6) is 0 Å². The summed E-state index contributed by atoms with van der Waals surface area (Å²) in [7, 11) is 0. The van der Waals surface area contributed by atoms with E-state index >= 15 is 0 Å². The third-order valence-corrected chi connectivity index (χ3v) is 4.71. The molecule has 0 atom stereocenters. The number of aromatic nitrogens is 3. The van der Waals surface area contributed by atoms with Crippen molar-refractivity contribution in [3.63, 3.8) is 0 Å². The monoisotopic (exact) mass is 405 g/mol. The smallest absolute Gasteiger partial charge is 0.191 e. The van der Waals surface area contributed by atoms with Crippen molar-refractivity contribution in [3.8, 4) is 5.82 Å². The number of guanidine groups is 1. The Morgan fingerprint density at radius 2 is 1.93 bits per heavy atom. The number of aliphatic imine (C=N–C) groups is 1. The zero-order valence-electron chi connectivity index (χ0n) is 17.8. The molecule has 3 aromatic rings. The molecule has 0 unspecified atom stereocenters. The maximum absolute atomic E-state index is 4.72. The molecule has 7 nitrogen and oxygen atoms in total. The van der Waals surface area contributed by atoms with E-state index < -0.39 is 0 Å². The molecule has 0 aliphatic heterocycles. The number of nitrogens with zero attached hydrogens (tertiary/aromatic N) is 5. The molecule has 0 aliphatic rings. The summed E-state index contributed by atoms with van der Waals surface area (Å²) in [4.78, 5) is 11.5. The van der Waals surface area contributed by atoms with Crippen LogP contribution in [0.1, 0.15) is 25.8 Å². The molecule has 7 heteroatoms. The maximum Gasteiger partial charge on any atom is 0.191 e. The number of pyridine rings is 1. The lowest BCUT2D eigenvalue weighted by Gasteiger charge is -2.23. The second-order valence-corrected chi connectivity index (χ2v) is 6.86. The van der Waals surface area contributed by atoms with Crippen molar-refractivity contribution < 1.29 is 0 Å². The Hall–Kier alpha value is -3.35. The number of para-hydroxylation sites is 1. The van der Waals surface area contributed by atoms with Gasteiger partial charge in [-0.3, -0.25) is 0 Å². The summed E-state index contributed by atoms with van der Waals surface area (Å²) in [5.41, 5.74) is 2.36. The van der Waals surface area contributed by atoms with Crippen molar-refractivity contribution in [1.82, 2.24) is 25.4 Å². The van der Waals surface area contributed by atoms with Gasteiger partial charge < -0.3 is 15.5 Å². The fourth-order valence-corrected chi connectivity index (χ4v) is 3.19. The van der Waals surface area contributed by atoms with Gasteiger partial charge in [0.15, 0.2) is 11.8 Å². The van der Waals surface area contributed by atoms with Crippen molar-refractivity contribution in [2.24, 2.45) is 4.99 Å². The van der Waals surface area contributed by atoms with Gasteiger partial charge in [-0.25, -0.2) is 14.7 Å². The van der Waals surface area contributed by atoms with Crippen molar-refractivity contribution in [2.75, 3.05) is 31.1 Å². The SMILES string of the molecule is CCNC(=NCc1ccnc(-n2cccn2)c1)NCCCN(CC)c1ccccc1. The molecule has 158 valence electrons. The minimum Gasteiger partial charge on any atom is -0.372 e. The van der Waals surface area contributed by atoms with Crippen LogP contribution in [-0.4, -0.2) is 46.9 Å². The molecule has 0 amide bonds. The van der Waals surface area contributed by atoms with E-state index in [1.165, 1.54) is 5.69 Å². The normalized spacial score (nSPS) is 11.3. The highest BCUT2D eigenvalue weighted by Gasteiger charge is 2.04. The van der Waals surface area contributed by atoms with E-state index in [-0.39, 0.29) is 0 Å². The van der Waals surface area contributed by atoms with E-state index in [1.54, 1.807) is 17.1 Å². The van der Waals surface area contributed by atoms with Gasteiger partial charge in [0.05, 0.1) is 6.54 Å². The van der Waals surface area contributed by atoms with Crippen LogP contribution in [0.15, 0.2) is 72.1 Å². The highest BCUT2D eigenvalue weighted by molar-refractivity contribution is 5.79. The van der Waals surface area contributed by atoms with Crippen LogP contribution in [0.3, 0.4) is 0 Å². The summed E-state index contributed by atoms with van der Waals surface area (Å²) in [5, 5.41) is 11.0. The van der Waals surface area contributed by atoms with Gasteiger partial charge in [-0.2, -0.15) is 5.10 Å². The van der Waals surface area contributed by atoms with Crippen molar-refractivity contribution >= 4 is 11.6 Å². The maximum atomic E-state index is 4.72. The first-order valence-corrected chi connectivity index (χ1v) is 10.6. The Bertz CT molecular complexity index is 891. The zero-order chi connectivity index (χ0) is 21.0. The quantitative estimate of drug-likeness (QED) is 0.308. The Labute approximate surface area is 178 Å². The predicted octanol–water partition coefficient (Wildman–Crippen LogP) is 3.24. The summed E-state index contributed by atoms with van der Waals surface area (Å²) in [5.74, 6) is 1.63. The second kappa shape index (κ2) is 11.6. The lowest BCUT2D eigenvalue weighted by atomic mass is 10.2. The molecular formula is C23H31N7. The zero-order valence-corrected chi connectivity index (χ0v) is 17.8. The van der Waals surface area contributed by atoms with E-state index in [1.807, 2.05) is 24.4 Å². The molecule has 2 aromatic heterocycles. The van der Waals surface area contributed by atoms with Gasteiger partial charge in [0.2, 0.25) is 0 Å². The minimum atomic E-state index is 0.581. The largest absolute Gasteiger partial charge is 0.372 e. The molecule has 0 bridgehead atoms. The van der Waals surface area contributed by atoms with Gasteiger partial charge in [0.25, 0.3) is 0 Å². The van der Waals surface area contributed by atoms with Gasteiger partial charge in [-0.05, 0) is 56.2 Å². The highest BCUT2D eigenvalue weighted by Crippen LogP contribution is 2.12. The minimum absolute atomic E-state index is 0.581. The van der Waals surface area contributed by atoms with Gasteiger partial charge >= 0.3 is 0 Å². The first kappa shape index (κ1) is 21.4. The molecule has 3 rings (SSSR count). The van der Waals surface area contributed by atoms with Crippen LogP contribution in [0.2, 0.25) is 0 Å². The number of benzene rings is 1. The number of hydrogen-bond donors (Lipinski definition) is 2. The fourth-order valence-electron chi connectivity index (χ4n) is 3.19. The van der Waals surface area contributed by atoms with E-state index in [2.05, 4.69) is 69.8 Å². The van der Waals surface area contributed by atoms with E-state index in [0.29, 0.717) is 6.54 Å². The summed E-state index contributed by atoms with van der Waals surface area (Å²) in [6.07, 6.45) is 6.46. The van der Waals surface area contributed by atoms with Crippen LogP contribution in [0, 0.1) is 0 Å². The topological polar surface area (TPSA) is 70.4 Å². The van der Waals surface area contributed by atoms with E-state index in [9.17, 15) is 0 Å². The molecule has 0 radical (unpaired) electrons. The molecule has 30 heavy (non-hydrogen) atoms. The summed E-state index contributed by atoms with van der Waals surface area (Å²) >= 11 is 0. The van der Waals surface area contributed by atoms with Gasteiger partial charge in [-0.1, -0.05) is 18.2 Å². The summed E-state index contributed by atoms with van der Waals surface area (Å²) in [6, 6.07) is 16.4. The molecule has 0 saturated carbocycles. The lowest BCUT2D eigenvalue weighted by molar-refractivity contribution is 0.709. The summed E-state index contributed by atoms with van der Waals surface area (Å²) < 4.78 is 1.75. The molecule has 0 saturated heterocycles. The number of rotatable bonds is 10. The van der Waals surface area contributed by atoms with E-state index in [0.717, 1.165) is 49.9 Å². The van der Waals surface area contributed by atoms with Crippen LogP contribution >= 0.6 is 0 Å². The standard InChI is InChI=1S/C23H31N7/c1-3-24-23(26-13-8-16-29(4-2)21-10-6-5-7-11-21)27-19-20-12-15-25-22(18-20)30-17-9-14-28-30/h5-7,9-12,14-15,17-18H,3-4,8,13,16,19H2,1-2H3,(H2,24,26,27). The first-order valence-electron chi connectivity index (χ1n) is 10.6. The number of hydrogen-bond acceptors (Lipinski definition) is 4. The molecule has 2 heterocycles. The Morgan fingerprint density at radius 1 is 1.07 bits per heavy atom. The molecule has 0 aliphatic carbocycles. The average Bonchev–Trinajstić information content (AvgIpc) is 3.33. The highest BCUT2D eigenvalue weighted by atomic mass is 15.3. The first-order chi connectivity index (χ1) is 14.8. The van der Waals surface area contributed by atoms with Crippen molar-refractivity contribution in [1.29, 1.82) is 0 Å². The molecule has 0 fully saturated rings. The third kappa shape index (κ3) is 6.34. The van der Waals surface area contributed by atoms with E-state index in [4.69, 9.17) is 4.99 Å². The van der Waals surface area contributed by atoms with Crippen LogP contribution in [0.4, 0.5) is 5.69 Å². The Morgan fingerprint density at radius 3 is 2.67 bits per heavy atom. The number of nitrogens with one attached hydrogen (secondary N) is 2. The van der Waals surface area contributed by atoms with Gasteiger partial charge in [-0.15, -0.1) is 0 Å². The molecule has 2 N–H and O–H groups in total. The summed E-state index contributed by atoms with van der Waals surface area (Å²) in [6.45, 7) is 8.54. The van der Waals surface area contributed by atoms with Crippen LogP contribution in [0.25, 0.3) is 5.82 Å². The average molecular weight is 406 g/mol. The van der Waals surface area contributed by atoms with Crippen LogP contribution in [-0.2, 0) is 6.54 Å². The Kier molecular flexibility index (Phi) is 8.26. The molecular weight excluding hydrogens is 374 g/mol. The second-order valence-electron chi connectivity index (χ2n) is 6.86. The fraction of sp³-hybridized carbons (Fsp3) is 0.348. The third-order valence-electron chi connectivity index (χ3n) is 4.71. The van der Waals surface area contributed by atoms with Crippen molar-refractivity contribution in [3.05, 3.63) is 72.7 Å².